The lowest BCUT2D eigenvalue weighted by Gasteiger charge is -2.48. The smallest absolute Gasteiger partial charge is 0.123 e. The standard InChI is InChI=1S/C22H31NO2S/c1-2-18(3-1)23-12-10-22(11-13-23)9-6-17-16-20(4-5-21(17)25-22)24-19-7-14-26-15-8-19/h4-5,16,18-19H,1-3,6-15H2. The summed E-state index contributed by atoms with van der Waals surface area (Å²) < 4.78 is 12.8. The van der Waals surface area contributed by atoms with E-state index in [1.807, 2.05) is 11.8 Å². The molecule has 0 radical (unpaired) electrons. The minimum Gasteiger partial charge on any atom is -0.490 e. The van der Waals surface area contributed by atoms with Crippen LogP contribution in [-0.4, -0.2) is 47.2 Å². The SMILES string of the molecule is c1cc2c(cc1OC1CCSCC1)CCC1(CCN(C3CCC3)CC1)O2. The summed E-state index contributed by atoms with van der Waals surface area (Å²) in [6.07, 6.45) is 11.7. The molecular weight excluding hydrogens is 342 g/mol. The molecular formula is C22H31NO2S. The second-order valence-electron chi connectivity index (χ2n) is 8.60. The number of hydrogen-bond acceptors (Lipinski definition) is 4. The quantitative estimate of drug-likeness (QED) is 0.767. The average molecular weight is 374 g/mol. The average Bonchev–Trinajstić information content (AvgIpc) is 2.63. The molecule has 3 aliphatic heterocycles. The van der Waals surface area contributed by atoms with Crippen LogP contribution in [0.3, 0.4) is 0 Å². The highest BCUT2D eigenvalue weighted by Crippen LogP contribution is 2.42. The lowest BCUT2D eigenvalue weighted by molar-refractivity contribution is -0.0337. The van der Waals surface area contributed by atoms with Gasteiger partial charge in [-0.1, -0.05) is 6.42 Å². The van der Waals surface area contributed by atoms with Gasteiger partial charge in [-0.25, -0.2) is 0 Å². The molecule has 0 atom stereocenters. The normalized spacial score (nSPS) is 26.8. The van der Waals surface area contributed by atoms with Crippen LogP contribution >= 0.6 is 11.8 Å². The molecule has 3 fully saturated rings. The number of ether oxygens (including phenoxy) is 2. The van der Waals surface area contributed by atoms with Crippen LogP contribution in [-0.2, 0) is 6.42 Å². The molecule has 1 saturated carbocycles. The molecule has 1 aromatic rings. The number of benzene rings is 1. The number of rotatable bonds is 3. The number of thioether (sulfide) groups is 1. The van der Waals surface area contributed by atoms with Crippen molar-refractivity contribution in [1.82, 2.24) is 4.90 Å². The largest absolute Gasteiger partial charge is 0.490 e. The molecule has 142 valence electrons. The molecule has 0 amide bonds. The molecule has 4 heteroatoms. The molecule has 1 spiro atoms. The fourth-order valence-electron chi connectivity index (χ4n) is 4.96. The Hall–Kier alpha value is -0.870. The van der Waals surface area contributed by atoms with Crippen molar-refractivity contribution >= 4 is 11.8 Å². The molecule has 4 aliphatic rings. The number of likely N-dealkylation sites (tertiary alicyclic amines) is 1. The zero-order valence-corrected chi connectivity index (χ0v) is 16.6. The van der Waals surface area contributed by atoms with E-state index in [9.17, 15) is 0 Å². The van der Waals surface area contributed by atoms with E-state index in [4.69, 9.17) is 9.47 Å². The van der Waals surface area contributed by atoms with Crippen LogP contribution in [0.5, 0.6) is 11.5 Å². The Morgan fingerprint density at radius 3 is 2.58 bits per heavy atom. The van der Waals surface area contributed by atoms with Crippen molar-refractivity contribution in [3.63, 3.8) is 0 Å². The van der Waals surface area contributed by atoms with E-state index in [2.05, 4.69) is 23.1 Å². The highest BCUT2D eigenvalue weighted by molar-refractivity contribution is 7.99. The monoisotopic (exact) mass is 373 g/mol. The van der Waals surface area contributed by atoms with Gasteiger partial charge >= 0.3 is 0 Å². The Kier molecular flexibility index (Phi) is 4.82. The number of hydrogen-bond donors (Lipinski definition) is 0. The van der Waals surface area contributed by atoms with E-state index in [0.717, 1.165) is 24.0 Å². The van der Waals surface area contributed by atoms with Gasteiger partial charge in [0.15, 0.2) is 0 Å². The molecule has 0 unspecified atom stereocenters. The van der Waals surface area contributed by atoms with Gasteiger partial charge in [-0.05, 0) is 86.6 Å². The summed E-state index contributed by atoms with van der Waals surface area (Å²) in [6, 6.07) is 7.42. The van der Waals surface area contributed by atoms with Crippen molar-refractivity contribution in [3.05, 3.63) is 23.8 Å². The first-order chi connectivity index (χ1) is 12.8. The molecule has 3 heterocycles. The summed E-state index contributed by atoms with van der Waals surface area (Å²) in [7, 11) is 0. The predicted octanol–water partition coefficient (Wildman–Crippen LogP) is 4.67. The van der Waals surface area contributed by atoms with Gasteiger partial charge in [-0.15, -0.1) is 0 Å². The Morgan fingerprint density at radius 1 is 1.04 bits per heavy atom. The zero-order valence-electron chi connectivity index (χ0n) is 15.8. The minimum atomic E-state index is 0.0935. The molecule has 3 nitrogen and oxygen atoms in total. The third-order valence-electron chi connectivity index (χ3n) is 6.98. The van der Waals surface area contributed by atoms with Crippen molar-refractivity contribution < 1.29 is 9.47 Å². The van der Waals surface area contributed by atoms with Crippen molar-refractivity contribution in [2.75, 3.05) is 24.6 Å². The Labute approximate surface area is 161 Å². The van der Waals surface area contributed by atoms with Crippen LogP contribution in [0.15, 0.2) is 18.2 Å². The second-order valence-corrected chi connectivity index (χ2v) is 9.83. The third kappa shape index (κ3) is 3.47. The maximum absolute atomic E-state index is 6.60. The van der Waals surface area contributed by atoms with Crippen LogP contribution in [0, 0.1) is 0 Å². The number of fused-ring (bicyclic) bond motifs is 1. The van der Waals surface area contributed by atoms with E-state index in [-0.39, 0.29) is 5.60 Å². The summed E-state index contributed by atoms with van der Waals surface area (Å²) in [5, 5.41) is 0. The first kappa shape index (κ1) is 17.2. The molecule has 0 aromatic heterocycles. The van der Waals surface area contributed by atoms with Crippen molar-refractivity contribution in [2.24, 2.45) is 0 Å². The highest BCUT2D eigenvalue weighted by Gasteiger charge is 2.41. The van der Waals surface area contributed by atoms with Gasteiger partial charge in [0.1, 0.15) is 23.2 Å². The molecule has 26 heavy (non-hydrogen) atoms. The highest BCUT2D eigenvalue weighted by atomic mass is 32.2. The van der Waals surface area contributed by atoms with E-state index in [1.54, 1.807) is 0 Å². The fraction of sp³-hybridized carbons (Fsp3) is 0.727. The van der Waals surface area contributed by atoms with Crippen molar-refractivity contribution in [3.8, 4) is 11.5 Å². The van der Waals surface area contributed by atoms with Gasteiger partial charge in [0.2, 0.25) is 0 Å². The van der Waals surface area contributed by atoms with Crippen molar-refractivity contribution in [1.29, 1.82) is 0 Å². The van der Waals surface area contributed by atoms with E-state index in [1.165, 1.54) is 81.5 Å². The molecule has 2 saturated heterocycles. The minimum absolute atomic E-state index is 0.0935. The van der Waals surface area contributed by atoms with Crippen LogP contribution < -0.4 is 9.47 Å². The number of piperidine rings is 1. The molecule has 1 aliphatic carbocycles. The van der Waals surface area contributed by atoms with Gasteiger partial charge in [-0.2, -0.15) is 11.8 Å². The summed E-state index contributed by atoms with van der Waals surface area (Å²) in [6.45, 7) is 2.45. The summed E-state index contributed by atoms with van der Waals surface area (Å²) in [5.41, 5.74) is 1.44. The summed E-state index contributed by atoms with van der Waals surface area (Å²) >= 11 is 2.05. The lowest BCUT2D eigenvalue weighted by Crippen LogP contribution is -2.53. The Bertz CT molecular complexity index is 631. The molecule has 0 N–H and O–H groups in total. The Balaban J connectivity index is 1.22. The van der Waals surface area contributed by atoms with E-state index in [0.29, 0.717) is 6.10 Å². The lowest BCUT2D eigenvalue weighted by atomic mass is 9.81. The van der Waals surface area contributed by atoms with Crippen LogP contribution in [0.2, 0.25) is 0 Å². The molecule has 5 rings (SSSR count). The van der Waals surface area contributed by atoms with Crippen LogP contribution in [0.4, 0.5) is 0 Å². The molecule has 0 bridgehead atoms. The first-order valence-electron chi connectivity index (χ1n) is 10.6. The van der Waals surface area contributed by atoms with Crippen LogP contribution in [0.1, 0.15) is 56.9 Å². The maximum Gasteiger partial charge on any atom is 0.123 e. The maximum atomic E-state index is 6.60. The first-order valence-corrected chi connectivity index (χ1v) is 11.8. The second kappa shape index (κ2) is 7.27. The third-order valence-corrected chi connectivity index (χ3v) is 8.03. The van der Waals surface area contributed by atoms with Gasteiger partial charge in [0, 0.05) is 19.1 Å². The number of nitrogens with zero attached hydrogens (tertiary/aromatic N) is 1. The van der Waals surface area contributed by atoms with Gasteiger partial charge in [0.05, 0.1) is 0 Å². The van der Waals surface area contributed by atoms with Crippen molar-refractivity contribution in [2.45, 2.75) is 75.5 Å². The summed E-state index contributed by atoms with van der Waals surface area (Å²) in [4.78, 5) is 2.72. The predicted molar refractivity (Wildman–Crippen MR) is 108 cm³/mol. The Morgan fingerprint density at radius 2 is 1.85 bits per heavy atom. The van der Waals surface area contributed by atoms with E-state index < -0.39 is 0 Å². The van der Waals surface area contributed by atoms with Gasteiger partial charge in [-0.3, -0.25) is 0 Å². The zero-order chi connectivity index (χ0) is 17.4. The van der Waals surface area contributed by atoms with Gasteiger partial charge in [0.25, 0.3) is 0 Å². The molecule has 1 aromatic carbocycles. The van der Waals surface area contributed by atoms with E-state index >= 15 is 0 Å². The van der Waals surface area contributed by atoms with Crippen LogP contribution in [0.25, 0.3) is 0 Å². The number of aryl methyl sites for hydroxylation is 1. The summed E-state index contributed by atoms with van der Waals surface area (Å²) in [5.74, 6) is 4.62. The fourth-order valence-corrected chi connectivity index (χ4v) is 6.02. The van der Waals surface area contributed by atoms with Gasteiger partial charge < -0.3 is 14.4 Å². The topological polar surface area (TPSA) is 21.7 Å².